The summed E-state index contributed by atoms with van der Waals surface area (Å²) in [7, 11) is 0. The van der Waals surface area contributed by atoms with Gasteiger partial charge in [0.1, 0.15) is 9.45 Å². The van der Waals surface area contributed by atoms with Gasteiger partial charge in [-0.05, 0) is 29.5 Å². The van der Waals surface area contributed by atoms with Gasteiger partial charge in [-0.15, -0.1) is 24.8 Å². The van der Waals surface area contributed by atoms with E-state index in [9.17, 15) is 18.0 Å². The Morgan fingerprint density at radius 3 is 2.65 bits per heavy atom. The van der Waals surface area contributed by atoms with Gasteiger partial charge >= 0.3 is 12.3 Å². The predicted octanol–water partition coefficient (Wildman–Crippen LogP) is 3.43. The van der Waals surface area contributed by atoms with Crippen molar-refractivity contribution in [2.24, 2.45) is 0 Å². The van der Waals surface area contributed by atoms with E-state index < -0.39 is 18.1 Å². The van der Waals surface area contributed by atoms with Crippen LogP contribution in [0.2, 0.25) is 0 Å². The normalized spacial score (nSPS) is 11.3. The molecule has 112 valence electrons. The van der Waals surface area contributed by atoms with Gasteiger partial charge in [-0.2, -0.15) is 0 Å². The first kappa shape index (κ1) is 17.3. The van der Waals surface area contributed by atoms with E-state index in [0.29, 0.717) is 0 Å². The number of hydrogen-bond acceptors (Lipinski definition) is 4. The van der Waals surface area contributed by atoms with Gasteiger partial charge in [-0.25, -0.2) is 4.98 Å². The predicted molar refractivity (Wildman–Crippen MR) is 73.5 cm³/mol. The minimum Gasteiger partial charge on any atom is -0.466 e. The van der Waals surface area contributed by atoms with Crippen molar-refractivity contribution >= 4 is 40.2 Å². The Labute approximate surface area is 131 Å². The minimum absolute atomic E-state index is 0.0168. The SMILES string of the molecule is CCOC(=O)Cc1cnc(I)c(CCl)c1OC(F)(F)F. The number of esters is 1. The van der Waals surface area contributed by atoms with Crippen LogP contribution in [0.4, 0.5) is 13.2 Å². The Balaban J connectivity index is 3.18. The lowest BCUT2D eigenvalue weighted by atomic mass is 10.1. The van der Waals surface area contributed by atoms with E-state index in [4.69, 9.17) is 16.3 Å². The van der Waals surface area contributed by atoms with E-state index in [0.717, 1.165) is 6.20 Å². The summed E-state index contributed by atoms with van der Waals surface area (Å²) in [4.78, 5) is 15.3. The number of ether oxygens (including phenoxy) is 2. The van der Waals surface area contributed by atoms with Crippen LogP contribution in [0.15, 0.2) is 6.20 Å². The van der Waals surface area contributed by atoms with E-state index in [1.165, 1.54) is 0 Å². The number of rotatable bonds is 5. The number of halogens is 5. The van der Waals surface area contributed by atoms with Crippen molar-refractivity contribution in [2.45, 2.75) is 25.6 Å². The van der Waals surface area contributed by atoms with Crippen LogP contribution < -0.4 is 4.74 Å². The average Bonchev–Trinajstić information content (AvgIpc) is 2.31. The molecule has 0 N–H and O–H groups in total. The Bertz CT molecular complexity index is 497. The summed E-state index contributed by atoms with van der Waals surface area (Å²) < 4.78 is 46.3. The highest BCUT2D eigenvalue weighted by atomic mass is 127. The van der Waals surface area contributed by atoms with Crippen LogP contribution in [-0.2, 0) is 21.8 Å². The Kier molecular flexibility index (Phi) is 6.31. The van der Waals surface area contributed by atoms with Gasteiger partial charge < -0.3 is 9.47 Å². The maximum absolute atomic E-state index is 12.5. The molecule has 1 aromatic heterocycles. The molecule has 20 heavy (non-hydrogen) atoms. The van der Waals surface area contributed by atoms with Crippen molar-refractivity contribution in [1.29, 1.82) is 0 Å². The van der Waals surface area contributed by atoms with Crippen LogP contribution in [0.25, 0.3) is 0 Å². The maximum Gasteiger partial charge on any atom is 0.573 e. The summed E-state index contributed by atoms with van der Waals surface area (Å²) in [5, 5.41) is 0. The van der Waals surface area contributed by atoms with E-state index in [2.05, 4.69) is 9.72 Å². The molecule has 0 atom stereocenters. The molecule has 4 nitrogen and oxygen atoms in total. The molecule has 0 spiro atoms. The van der Waals surface area contributed by atoms with E-state index in [1.807, 2.05) is 0 Å². The molecule has 0 aliphatic rings. The van der Waals surface area contributed by atoms with Crippen LogP contribution in [-0.4, -0.2) is 23.9 Å². The lowest BCUT2D eigenvalue weighted by molar-refractivity contribution is -0.275. The number of hydrogen-bond donors (Lipinski definition) is 0. The Morgan fingerprint density at radius 1 is 1.50 bits per heavy atom. The Morgan fingerprint density at radius 2 is 2.15 bits per heavy atom. The zero-order valence-corrected chi connectivity index (χ0v) is 13.2. The van der Waals surface area contributed by atoms with Gasteiger partial charge in [0.05, 0.1) is 18.9 Å². The van der Waals surface area contributed by atoms with Gasteiger partial charge in [0.15, 0.2) is 0 Å². The third kappa shape index (κ3) is 4.97. The van der Waals surface area contributed by atoms with Crippen LogP contribution in [0.5, 0.6) is 5.75 Å². The summed E-state index contributed by atoms with van der Waals surface area (Å²) in [6.07, 6.45) is -4.10. The zero-order valence-electron chi connectivity index (χ0n) is 10.3. The molecule has 0 amide bonds. The van der Waals surface area contributed by atoms with Crippen molar-refractivity contribution in [2.75, 3.05) is 6.61 Å². The first-order valence-electron chi connectivity index (χ1n) is 5.42. The van der Waals surface area contributed by atoms with E-state index in [1.54, 1.807) is 29.5 Å². The smallest absolute Gasteiger partial charge is 0.466 e. The van der Waals surface area contributed by atoms with Crippen molar-refractivity contribution in [3.05, 3.63) is 21.0 Å². The molecule has 0 fully saturated rings. The van der Waals surface area contributed by atoms with Crippen LogP contribution >= 0.6 is 34.2 Å². The molecule has 0 unspecified atom stereocenters. The van der Waals surface area contributed by atoms with Crippen molar-refractivity contribution < 1.29 is 27.4 Å². The van der Waals surface area contributed by atoms with Gasteiger partial charge in [0, 0.05) is 17.3 Å². The third-order valence-electron chi connectivity index (χ3n) is 2.14. The number of alkyl halides is 4. The van der Waals surface area contributed by atoms with Gasteiger partial charge in [-0.1, -0.05) is 0 Å². The van der Waals surface area contributed by atoms with Gasteiger partial charge in [0.2, 0.25) is 0 Å². The first-order chi connectivity index (χ1) is 9.28. The van der Waals surface area contributed by atoms with E-state index >= 15 is 0 Å². The first-order valence-corrected chi connectivity index (χ1v) is 7.03. The Hall–Kier alpha value is -0.770. The molecule has 1 aromatic rings. The molecule has 0 saturated heterocycles. The minimum atomic E-state index is -4.88. The monoisotopic (exact) mass is 423 g/mol. The second-order valence-electron chi connectivity index (χ2n) is 3.55. The zero-order chi connectivity index (χ0) is 15.3. The largest absolute Gasteiger partial charge is 0.573 e. The maximum atomic E-state index is 12.5. The lowest BCUT2D eigenvalue weighted by Gasteiger charge is -2.16. The molecular weight excluding hydrogens is 413 g/mol. The molecule has 0 saturated carbocycles. The van der Waals surface area contributed by atoms with Gasteiger partial charge in [-0.3, -0.25) is 4.79 Å². The van der Waals surface area contributed by atoms with E-state index in [-0.39, 0.29) is 33.7 Å². The van der Waals surface area contributed by atoms with Crippen LogP contribution in [0.3, 0.4) is 0 Å². The summed E-state index contributed by atoms with van der Waals surface area (Å²) in [5.74, 6) is -1.36. The standard InChI is InChI=1S/C11H10ClF3INO3/c1-2-19-8(18)3-6-5-17-10(16)7(4-12)9(6)20-11(13,14)15/h5H,2-4H2,1H3. The van der Waals surface area contributed by atoms with Crippen molar-refractivity contribution in [3.8, 4) is 5.75 Å². The second-order valence-corrected chi connectivity index (χ2v) is 4.83. The summed E-state index contributed by atoms with van der Waals surface area (Å²) >= 11 is 7.37. The fourth-order valence-corrected chi connectivity index (χ4v) is 2.46. The molecule has 1 heterocycles. The molecule has 0 bridgehead atoms. The fraction of sp³-hybridized carbons (Fsp3) is 0.455. The molecule has 0 aliphatic carbocycles. The number of aromatic nitrogens is 1. The number of nitrogens with zero attached hydrogens (tertiary/aromatic N) is 1. The summed E-state index contributed by atoms with van der Waals surface area (Å²) in [6, 6.07) is 0. The van der Waals surface area contributed by atoms with Crippen molar-refractivity contribution in [3.63, 3.8) is 0 Å². The average molecular weight is 424 g/mol. The number of carbonyl (C=O) groups is 1. The molecule has 0 aromatic carbocycles. The highest BCUT2D eigenvalue weighted by Crippen LogP contribution is 2.33. The molecule has 9 heteroatoms. The summed E-state index contributed by atoms with van der Waals surface area (Å²) in [6.45, 7) is 1.73. The highest BCUT2D eigenvalue weighted by Gasteiger charge is 2.34. The number of pyridine rings is 1. The third-order valence-corrected chi connectivity index (χ3v) is 3.34. The second kappa shape index (κ2) is 7.30. The summed E-state index contributed by atoms with van der Waals surface area (Å²) in [5.41, 5.74) is 0.0724. The highest BCUT2D eigenvalue weighted by molar-refractivity contribution is 14.1. The number of carbonyl (C=O) groups excluding carboxylic acids is 1. The van der Waals surface area contributed by atoms with Gasteiger partial charge in [0.25, 0.3) is 0 Å². The van der Waals surface area contributed by atoms with Crippen LogP contribution in [0.1, 0.15) is 18.1 Å². The fourth-order valence-electron chi connectivity index (χ4n) is 1.41. The molecular formula is C11H10ClF3INO3. The molecule has 0 radical (unpaired) electrons. The molecule has 1 rings (SSSR count). The van der Waals surface area contributed by atoms with Crippen LogP contribution in [0, 0.1) is 3.70 Å². The lowest BCUT2D eigenvalue weighted by Crippen LogP contribution is -2.21. The van der Waals surface area contributed by atoms with Crippen molar-refractivity contribution in [1.82, 2.24) is 4.98 Å². The quantitative estimate of drug-likeness (QED) is 0.315. The topological polar surface area (TPSA) is 48.4 Å². The molecule has 0 aliphatic heterocycles.